The van der Waals surface area contributed by atoms with Crippen LogP contribution in [0.4, 0.5) is 0 Å². The van der Waals surface area contributed by atoms with E-state index in [9.17, 15) is 4.79 Å². The van der Waals surface area contributed by atoms with E-state index in [-0.39, 0.29) is 24.7 Å². The maximum atomic E-state index is 11.4. The average Bonchev–Trinajstić information content (AvgIpc) is 2.12. The first-order valence-corrected chi connectivity index (χ1v) is 5.25. The third-order valence-electron chi connectivity index (χ3n) is 2.83. The smallest absolute Gasteiger partial charge is 0.220 e. The van der Waals surface area contributed by atoms with Gasteiger partial charge in [-0.1, -0.05) is 0 Å². The van der Waals surface area contributed by atoms with E-state index in [0.717, 1.165) is 19.3 Å². The minimum absolute atomic E-state index is 0.00722. The third-order valence-corrected chi connectivity index (χ3v) is 2.83. The summed E-state index contributed by atoms with van der Waals surface area (Å²) in [4.78, 5) is 11.4. The van der Waals surface area contributed by atoms with Crippen LogP contribution >= 0.6 is 0 Å². The topological polar surface area (TPSA) is 69.6 Å². The normalized spacial score (nSPS) is 18.7. The zero-order valence-electron chi connectivity index (χ0n) is 8.46. The average molecular weight is 201 g/mol. The van der Waals surface area contributed by atoms with E-state index in [2.05, 4.69) is 5.32 Å². The Kier molecular flexibility index (Phi) is 4.35. The lowest BCUT2D eigenvalue weighted by atomic mass is 9.77. The van der Waals surface area contributed by atoms with Gasteiger partial charge in [0.1, 0.15) is 0 Å². The van der Waals surface area contributed by atoms with Crippen LogP contribution in [-0.2, 0) is 4.79 Å². The first-order valence-electron chi connectivity index (χ1n) is 5.25. The summed E-state index contributed by atoms with van der Waals surface area (Å²) in [5, 5.41) is 20.5. The SMILES string of the molecule is O=C(CCCCO)NC1(CO)CCC1. The minimum atomic E-state index is -0.323. The predicted octanol–water partition coefficient (Wildman–Crippen LogP) is 0.180. The number of aliphatic hydroxyl groups is 2. The molecule has 0 spiro atoms. The van der Waals surface area contributed by atoms with Crippen molar-refractivity contribution in [3.8, 4) is 0 Å². The molecule has 0 bridgehead atoms. The van der Waals surface area contributed by atoms with Crippen molar-refractivity contribution in [2.45, 2.75) is 44.1 Å². The molecule has 0 aliphatic heterocycles. The summed E-state index contributed by atoms with van der Waals surface area (Å²) in [6.07, 6.45) is 4.67. The highest BCUT2D eigenvalue weighted by atomic mass is 16.3. The molecule has 0 saturated heterocycles. The Morgan fingerprint density at radius 2 is 2.00 bits per heavy atom. The highest BCUT2D eigenvalue weighted by Crippen LogP contribution is 2.31. The Hall–Kier alpha value is -0.610. The first kappa shape index (κ1) is 11.5. The molecule has 1 rings (SSSR count). The number of hydrogen-bond acceptors (Lipinski definition) is 3. The van der Waals surface area contributed by atoms with Crippen molar-refractivity contribution in [2.24, 2.45) is 0 Å². The van der Waals surface area contributed by atoms with E-state index in [4.69, 9.17) is 10.2 Å². The summed E-state index contributed by atoms with van der Waals surface area (Å²) in [7, 11) is 0. The van der Waals surface area contributed by atoms with Crippen molar-refractivity contribution in [1.82, 2.24) is 5.32 Å². The van der Waals surface area contributed by atoms with E-state index in [1.54, 1.807) is 0 Å². The highest BCUT2D eigenvalue weighted by molar-refractivity contribution is 5.76. The van der Waals surface area contributed by atoms with Crippen LogP contribution < -0.4 is 5.32 Å². The molecule has 14 heavy (non-hydrogen) atoms. The Balaban J connectivity index is 2.18. The van der Waals surface area contributed by atoms with Crippen LogP contribution in [0.25, 0.3) is 0 Å². The molecule has 0 atom stereocenters. The van der Waals surface area contributed by atoms with Crippen LogP contribution in [0.2, 0.25) is 0 Å². The van der Waals surface area contributed by atoms with Crippen molar-refractivity contribution in [3.63, 3.8) is 0 Å². The van der Waals surface area contributed by atoms with Gasteiger partial charge in [0.05, 0.1) is 12.1 Å². The lowest BCUT2D eigenvalue weighted by Crippen LogP contribution is -2.56. The van der Waals surface area contributed by atoms with Gasteiger partial charge in [0.2, 0.25) is 5.91 Å². The summed E-state index contributed by atoms with van der Waals surface area (Å²) < 4.78 is 0. The lowest BCUT2D eigenvalue weighted by Gasteiger charge is -2.41. The van der Waals surface area contributed by atoms with Crippen molar-refractivity contribution >= 4 is 5.91 Å². The largest absolute Gasteiger partial charge is 0.396 e. The predicted molar refractivity (Wildman–Crippen MR) is 52.7 cm³/mol. The van der Waals surface area contributed by atoms with Crippen molar-refractivity contribution in [3.05, 3.63) is 0 Å². The molecule has 0 unspecified atom stereocenters. The van der Waals surface area contributed by atoms with Gasteiger partial charge < -0.3 is 15.5 Å². The molecule has 0 aromatic heterocycles. The molecular formula is C10H19NO3. The van der Waals surface area contributed by atoms with Gasteiger partial charge >= 0.3 is 0 Å². The molecule has 1 aliphatic carbocycles. The second-order valence-electron chi connectivity index (χ2n) is 4.02. The van der Waals surface area contributed by atoms with Crippen LogP contribution in [0.1, 0.15) is 38.5 Å². The Morgan fingerprint density at radius 1 is 1.29 bits per heavy atom. The fourth-order valence-electron chi connectivity index (χ4n) is 1.68. The standard InChI is InChI=1S/C10H19NO3/c12-7-2-1-4-9(14)11-10(8-13)5-3-6-10/h12-13H,1-8H2,(H,11,14). The number of carbonyl (C=O) groups is 1. The molecule has 3 N–H and O–H groups in total. The number of amides is 1. The van der Waals surface area contributed by atoms with Crippen molar-refractivity contribution in [2.75, 3.05) is 13.2 Å². The van der Waals surface area contributed by atoms with E-state index in [0.29, 0.717) is 19.3 Å². The molecule has 4 heteroatoms. The van der Waals surface area contributed by atoms with Gasteiger partial charge in [-0.05, 0) is 32.1 Å². The number of aliphatic hydroxyl groups excluding tert-OH is 2. The molecule has 0 aromatic rings. The summed E-state index contributed by atoms with van der Waals surface area (Å²) >= 11 is 0. The molecule has 1 aliphatic rings. The maximum Gasteiger partial charge on any atom is 0.220 e. The number of hydrogen-bond donors (Lipinski definition) is 3. The molecule has 0 aromatic carbocycles. The van der Waals surface area contributed by atoms with Crippen LogP contribution in [0, 0.1) is 0 Å². The molecule has 1 fully saturated rings. The number of rotatable bonds is 6. The monoisotopic (exact) mass is 201 g/mol. The molecular weight excluding hydrogens is 182 g/mol. The van der Waals surface area contributed by atoms with Gasteiger partial charge in [0, 0.05) is 13.0 Å². The fraction of sp³-hybridized carbons (Fsp3) is 0.900. The van der Waals surface area contributed by atoms with E-state index >= 15 is 0 Å². The third kappa shape index (κ3) is 2.96. The lowest BCUT2D eigenvalue weighted by molar-refractivity contribution is -0.125. The van der Waals surface area contributed by atoms with Gasteiger partial charge in [-0.3, -0.25) is 4.79 Å². The van der Waals surface area contributed by atoms with Crippen LogP contribution in [0.3, 0.4) is 0 Å². The summed E-state index contributed by atoms with van der Waals surface area (Å²) in [5.74, 6) is -0.00722. The second-order valence-corrected chi connectivity index (χ2v) is 4.02. The molecule has 0 heterocycles. The molecule has 0 radical (unpaired) electrons. The second kappa shape index (κ2) is 5.32. The highest BCUT2D eigenvalue weighted by Gasteiger charge is 2.37. The zero-order chi connectivity index (χ0) is 10.4. The molecule has 82 valence electrons. The van der Waals surface area contributed by atoms with E-state index in [1.807, 2.05) is 0 Å². The van der Waals surface area contributed by atoms with E-state index in [1.165, 1.54) is 0 Å². The van der Waals surface area contributed by atoms with Crippen LogP contribution in [0.5, 0.6) is 0 Å². The molecule has 1 saturated carbocycles. The Labute approximate surface area is 84.3 Å². The van der Waals surface area contributed by atoms with Gasteiger partial charge in [-0.15, -0.1) is 0 Å². The first-order chi connectivity index (χ1) is 6.72. The van der Waals surface area contributed by atoms with Crippen molar-refractivity contribution < 1.29 is 15.0 Å². The van der Waals surface area contributed by atoms with Crippen molar-refractivity contribution in [1.29, 1.82) is 0 Å². The minimum Gasteiger partial charge on any atom is -0.396 e. The quantitative estimate of drug-likeness (QED) is 0.537. The van der Waals surface area contributed by atoms with E-state index < -0.39 is 0 Å². The van der Waals surface area contributed by atoms with Gasteiger partial charge in [-0.25, -0.2) is 0 Å². The molecule has 4 nitrogen and oxygen atoms in total. The number of unbranched alkanes of at least 4 members (excludes halogenated alkanes) is 1. The van der Waals surface area contributed by atoms with Crippen LogP contribution in [-0.4, -0.2) is 34.9 Å². The summed E-state index contributed by atoms with van der Waals surface area (Å²) in [5.41, 5.74) is -0.323. The number of nitrogens with one attached hydrogen (secondary N) is 1. The number of carbonyl (C=O) groups excluding carboxylic acids is 1. The maximum absolute atomic E-state index is 11.4. The molecule has 1 amide bonds. The fourth-order valence-corrected chi connectivity index (χ4v) is 1.68. The zero-order valence-corrected chi connectivity index (χ0v) is 8.46. The summed E-state index contributed by atoms with van der Waals surface area (Å²) in [6.45, 7) is 0.178. The van der Waals surface area contributed by atoms with Gasteiger partial charge in [0.25, 0.3) is 0 Å². The van der Waals surface area contributed by atoms with Gasteiger partial charge in [0.15, 0.2) is 0 Å². The van der Waals surface area contributed by atoms with Crippen LogP contribution in [0.15, 0.2) is 0 Å². The Morgan fingerprint density at radius 3 is 2.43 bits per heavy atom. The van der Waals surface area contributed by atoms with Gasteiger partial charge in [-0.2, -0.15) is 0 Å². The Bertz CT molecular complexity index is 184. The summed E-state index contributed by atoms with van der Waals surface area (Å²) in [6, 6.07) is 0.